The predicted octanol–water partition coefficient (Wildman–Crippen LogP) is 3.01. The van der Waals surface area contributed by atoms with Crippen molar-refractivity contribution in [3.05, 3.63) is 18.2 Å². The summed E-state index contributed by atoms with van der Waals surface area (Å²) in [4.78, 5) is 10.8. The van der Waals surface area contributed by atoms with Gasteiger partial charge in [-0.15, -0.1) is 0 Å². The predicted molar refractivity (Wildman–Crippen MR) is 90.9 cm³/mol. The summed E-state index contributed by atoms with van der Waals surface area (Å²) < 4.78 is 3.95. The van der Waals surface area contributed by atoms with E-state index in [1.165, 1.54) is 57.8 Å². The molecule has 1 aromatic rings. The molecule has 0 radical (unpaired) electrons. The number of aliphatic carboxylic acids is 1. The minimum absolute atomic E-state index is 0.0416. The molecule has 0 atom stereocenters. The fourth-order valence-corrected chi connectivity index (χ4v) is 3.13. The number of imidazole rings is 1. The number of rotatable bonds is 14. The van der Waals surface area contributed by atoms with Gasteiger partial charge in [-0.1, -0.05) is 64.7 Å². The van der Waals surface area contributed by atoms with Crippen molar-refractivity contribution in [1.82, 2.24) is 4.57 Å². The zero-order valence-corrected chi connectivity index (χ0v) is 15.1. The number of hydrogen-bond donors (Lipinski definition) is 0. The quantitative estimate of drug-likeness (QED) is 0.390. The minimum atomic E-state index is -1.02. The molecule has 0 fully saturated rings. The molecule has 0 aliphatic heterocycles. The molecule has 1 aromatic heterocycles. The van der Waals surface area contributed by atoms with Gasteiger partial charge in [0, 0.05) is 6.42 Å². The summed E-state index contributed by atoms with van der Waals surface area (Å²) in [5, 5.41) is 10.8. The monoisotopic (exact) mass is 322 g/mol. The van der Waals surface area contributed by atoms with Crippen LogP contribution in [0.15, 0.2) is 12.4 Å². The summed E-state index contributed by atoms with van der Waals surface area (Å²) in [5.41, 5.74) is 0. The molecule has 0 spiro atoms. The molecule has 0 unspecified atom stereocenters. The molecule has 0 aliphatic carbocycles. The normalized spacial score (nSPS) is 11.0. The van der Waals surface area contributed by atoms with Crippen LogP contribution in [0.1, 0.15) is 83.9 Å². The van der Waals surface area contributed by atoms with Gasteiger partial charge in [0.15, 0.2) is 0 Å². The van der Waals surface area contributed by atoms with E-state index in [0.717, 1.165) is 25.2 Å². The molecular formula is C19H34N2O2. The Bertz CT molecular complexity index is 441. The second kappa shape index (κ2) is 12.1. The first kappa shape index (κ1) is 19.7. The van der Waals surface area contributed by atoms with Gasteiger partial charge in [-0.25, -0.2) is 9.13 Å². The summed E-state index contributed by atoms with van der Waals surface area (Å²) in [5.74, 6) is 0.0874. The lowest BCUT2D eigenvalue weighted by molar-refractivity contribution is -0.697. The number of unbranched alkanes of at least 4 members (excludes halogenated alkanes) is 9. The Hall–Kier alpha value is -1.32. The van der Waals surface area contributed by atoms with E-state index in [2.05, 4.69) is 18.4 Å². The minimum Gasteiger partial charge on any atom is -0.546 e. The molecule has 0 aliphatic rings. The summed E-state index contributed by atoms with van der Waals surface area (Å²) in [6, 6.07) is 0. The standard InChI is InChI=1S/C19H34N2O2/c1-3-5-6-7-8-9-10-11-12-13-14-18-20(4-2)15-16-21(18)17-19(22)23/h15-16H,3-14,17H2,1-2H3. The Morgan fingerprint density at radius 1 is 1.00 bits per heavy atom. The third kappa shape index (κ3) is 8.19. The maximum Gasteiger partial charge on any atom is 0.256 e. The lowest BCUT2D eigenvalue weighted by Crippen LogP contribution is -2.45. The largest absolute Gasteiger partial charge is 0.546 e. The molecule has 0 aromatic carbocycles. The summed E-state index contributed by atoms with van der Waals surface area (Å²) in [6.07, 6.45) is 18.0. The van der Waals surface area contributed by atoms with Crippen LogP contribution in [0.4, 0.5) is 0 Å². The van der Waals surface area contributed by atoms with Crippen LogP contribution in [0.25, 0.3) is 0 Å². The lowest BCUT2D eigenvalue weighted by Gasteiger charge is -2.05. The first-order valence-electron chi connectivity index (χ1n) is 9.46. The van der Waals surface area contributed by atoms with Crippen LogP contribution in [0.3, 0.4) is 0 Å². The summed E-state index contributed by atoms with van der Waals surface area (Å²) in [6.45, 7) is 5.18. The smallest absolute Gasteiger partial charge is 0.256 e. The summed E-state index contributed by atoms with van der Waals surface area (Å²) >= 11 is 0. The van der Waals surface area contributed by atoms with Gasteiger partial charge in [0.25, 0.3) is 5.82 Å². The van der Waals surface area contributed by atoms with E-state index in [4.69, 9.17) is 0 Å². The Labute approximate surface area is 141 Å². The van der Waals surface area contributed by atoms with Gasteiger partial charge >= 0.3 is 0 Å². The van der Waals surface area contributed by atoms with Crippen molar-refractivity contribution in [2.75, 3.05) is 0 Å². The number of carboxylic acids is 1. The van der Waals surface area contributed by atoms with E-state index in [1.807, 2.05) is 17.0 Å². The molecule has 132 valence electrons. The number of carbonyl (C=O) groups excluding carboxylic acids is 1. The molecule has 0 bridgehead atoms. The third-order valence-corrected chi connectivity index (χ3v) is 4.48. The zero-order valence-electron chi connectivity index (χ0n) is 15.1. The Morgan fingerprint density at radius 2 is 1.57 bits per heavy atom. The first-order valence-corrected chi connectivity index (χ1v) is 9.46. The molecule has 0 saturated heterocycles. The molecule has 4 nitrogen and oxygen atoms in total. The van der Waals surface area contributed by atoms with Crippen LogP contribution < -0.4 is 9.67 Å². The van der Waals surface area contributed by atoms with Crippen LogP contribution in [0, 0.1) is 0 Å². The van der Waals surface area contributed by atoms with Crippen LogP contribution in [-0.2, 0) is 24.3 Å². The maximum atomic E-state index is 10.8. The van der Waals surface area contributed by atoms with E-state index in [9.17, 15) is 9.90 Å². The Morgan fingerprint density at radius 3 is 2.09 bits per heavy atom. The van der Waals surface area contributed by atoms with Crippen LogP contribution in [0.5, 0.6) is 0 Å². The highest BCUT2D eigenvalue weighted by molar-refractivity contribution is 5.62. The van der Waals surface area contributed by atoms with Crippen LogP contribution >= 0.6 is 0 Å². The zero-order chi connectivity index (χ0) is 16.9. The van der Waals surface area contributed by atoms with Gasteiger partial charge in [-0.2, -0.15) is 0 Å². The fourth-order valence-electron chi connectivity index (χ4n) is 3.13. The van der Waals surface area contributed by atoms with Crippen molar-refractivity contribution in [3.63, 3.8) is 0 Å². The molecule has 4 heteroatoms. The van der Waals surface area contributed by atoms with E-state index in [1.54, 1.807) is 0 Å². The van der Waals surface area contributed by atoms with Gasteiger partial charge in [0.2, 0.25) is 0 Å². The van der Waals surface area contributed by atoms with Gasteiger partial charge in [-0.05, 0) is 13.3 Å². The molecule has 0 saturated carbocycles. The third-order valence-electron chi connectivity index (χ3n) is 4.48. The average molecular weight is 322 g/mol. The number of hydrogen-bond acceptors (Lipinski definition) is 2. The highest BCUT2D eigenvalue weighted by Crippen LogP contribution is 2.11. The highest BCUT2D eigenvalue weighted by atomic mass is 16.4. The van der Waals surface area contributed by atoms with Crippen molar-refractivity contribution in [1.29, 1.82) is 0 Å². The molecule has 1 rings (SSSR count). The SMILES string of the molecule is CCCCCCCCCCCCc1n(CC)cc[n+]1CC(=O)[O-]. The molecule has 0 amide bonds. The molecule has 0 N–H and O–H groups in total. The second-order valence-corrected chi connectivity index (χ2v) is 6.43. The van der Waals surface area contributed by atoms with E-state index in [0.29, 0.717) is 0 Å². The number of carbonyl (C=O) groups is 1. The number of carboxylic acid groups (broad SMARTS) is 1. The van der Waals surface area contributed by atoms with Crippen LogP contribution in [-0.4, -0.2) is 10.5 Å². The van der Waals surface area contributed by atoms with Crippen molar-refractivity contribution in [3.8, 4) is 0 Å². The number of aryl methyl sites for hydroxylation is 1. The topological polar surface area (TPSA) is 48.9 Å². The van der Waals surface area contributed by atoms with Gasteiger partial charge in [-0.3, -0.25) is 0 Å². The van der Waals surface area contributed by atoms with E-state index in [-0.39, 0.29) is 6.54 Å². The van der Waals surface area contributed by atoms with Gasteiger partial charge < -0.3 is 9.90 Å². The number of aromatic nitrogens is 2. The fraction of sp³-hybridized carbons (Fsp3) is 0.789. The Kier molecular flexibility index (Phi) is 10.4. The molecule has 1 heterocycles. The average Bonchev–Trinajstić information content (AvgIpc) is 2.90. The molecule has 23 heavy (non-hydrogen) atoms. The lowest BCUT2D eigenvalue weighted by atomic mass is 10.1. The van der Waals surface area contributed by atoms with Crippen LogP contribution in [0.2, 0.25) is 0 Å². The molecular weight excluding hydrogens is 288 g/mol. The second-order valence-electron chi connectivity index (χ2n) is 6.43. The first-order chi connectivity index (χ1) is 11.2. The summed E-state index contributed by atoms with van der Waals surface area (Å²) in [7, 11) is 0. The van der Waals surface area contributed by atoms with Crippen molar-refractivity contribution in [2.45, 2.75) is 97.6 Å². The van der Waals surface area contributed by atoms with E-state index >= 15 is 0 Å². The number of nitrogens with zero attached hydrogens (tertiary/aromatic N) is 2. The highest BCUT2D eigenvalue weighted by Gasteiger charge is 2.15. The Balaban J connectivity index is 2.17. The maximum absolute atomic E-state index is 10.8. The van der Waals surface area contributed by atoms with Crippen molar-refractivity contribution in [2.24, 2.45) is 0 Å². The van der Waals surface area contributed by atoms with E-state index < -0.39 is 5.97 Å². The van der Waals surface area contributed by atoms with Crippen molar-refractivity contribution < 1.29 is 14.5 Å². The van der Waals surface area contributed by atoms with Gasteiger partial charge in [0.1, 0.15) is 18.9 Å². The van der Waals surface area contributed by atoms with Crippen molar-refractivity contribution >= 4 is 5.97 Å². The van der Waals surface area contributed by atoms with Gasteiger partial charge in [0.05, 0.1) is 12.5 Å².